The lowest BCUT2D eigenvalue weighted by Gasteiger charge is -2.32. The van der Waals surface area contributed by atoms with Gasteiger partial charge in [0.1, 0.15) is 0 Å². The van der Waals surface area contributed by atoms with E-state index in [2.05, 4.69) is 5.32 Å². The number of alkyl halides is 2. The van der Waals surface area contributed by atoms with E-state index in [1.165, 1.54) is 0 Å². The van der Waals surface area contributed by atoms with E-state index in [0.717, 1.165) is 11.1 Å². The summed E-state index contributed by atoms with van der Waals surface area (Å²) >= 11 is 0. The van der Waals surface area contributed by atoms with Crippen LogP contribution < -0.4 is 5.32 Å². The van der Waals surface area contributed by atoms with Gasteiger partial charge in [0.05, 0.1) is 0 Å². The number of hydrogen-bond donors (Lipinski definition) is 1. The first-order valence-electron chi connectivity index (χ1n) is 6.59. The van der Waals surface area contributed by atoms with Crippen LogP contribution in [0.1, 0.15) is 35.1 Å². The molecular weight excluding hydrogens is 232 g/mol. The fourth-order valence-corrected chi connectivity index (χ4v) is 2.72. The van der Waals surface area contributed by atoms with Gasteiger partial charge in [-0.25, -0.2) is 8.78 Å². The maximum Gasteiger partial charge on any atom is 0.276 e. The molecule has 0 aromatic heterocycles. The van der Waals surface area contributed by atoms with E-state index in [1.807, 2.05) is 19.9 Å². The van der Waals surface area contributed by atoms with E-state index in [1.54, 1.807) is 13.0 Å². The Morgan fingerprint density at radius 2 is 1.56 bits per heavy atom. The second-order valence-corrected chi connectivity index (χ2v) is 5.40. The van der Waals surface area contributed by atoms with Crippen LogP contribution in [-0.2, 0) is 5.92 Å². The van der Waals surface area contributed by atoms with E-state index < -0.39 is 11.8 Å². The minimum absolute atomic E-state index is 0.220. The average molecular weight is 253 g/mol. The monoisotopic (exact) mass is 253 g/mol. The molecule has 2 rings (SSSR count). The van der Waals surface area contributed by atoms with Crippen LogP contribution in [0.25, 0.3) is 0 Å². The molecular formula is C15H21F2N. The highest BCUT2D eigenvalue weighted by Crippen LogP contribution is 2.42. The number of benzene rings is 1. The molecule has 3 heteroatoms. The van der Waals surface area contributed by atoms with Gasteiger partial charge in [-0.3, -0.25) is 0 Å². The lowest BCUT2D eigenvalue weighted by molar-refractivity contribution is -0.0758. The number of aryl methyl sites for hydroxylation is 3. The summed E-state index contributed by atoms with van der Waals surface area (Å²) in [6, 6.07) is 3.55. The molecule has 0 atom stereocenters. The number of halogens is 2. The topological polar surface area (TPSA) is 12.0 Å². The zero-order valence-corrected chi connectivity index (χ0v) is 11.3. The van der Waals surface area contributed by atoms with Crippen LogP contribution in [0.4, 0.5) is 8.78 Å². The lowest BCUT2D eigenvalue weighted by Crippen LogP contribution is -2.37. The maximum atomic E-state index is 14.6. The standard InChI is InChI=1S/C15H21F2N/c1-10-8-12(3)14(9-11(10)2)15(16,17)13-4-6-18-7-5-13/h8-9,13,18H,4-7H2,1-3H3. The van der Waals surface area contributed by atoms with Crippen LogP contribution in [0.5, 0.6) is 0 Å². The summed E-state index contributed by atoms with van der Waals surface area (Å²) in [7, 11) is 0. The first kappa shape index (κ1) is 13.5. The fourth-order valence-electron chi connectivity index (χ4n) is 2.72. The largest absolute Gasteiger partial charge is 0.317 e. The predicted octanol–water partition coefficient (Wildman–Crippen LogP) is 3.70. The van der Waals surface area contributed by atoms with Crippen LogP contribution in [-0.4, -0.2) is 13.1 Å². The summed E-state index contributed by atoms with van der Waals surface area (Å²) < 4.78 is 29.2. The third-order valence-corrected chi connectivity index (χ3v) is 4.05. The Labute approximate surface area is 108 Å². The quantitative estimate of drug-likeness (QED) is 0.847. The van der Waals surface area contributed by atoms with Crippen LogP contribution in [0.15, 0.2) is 12.1 Å². The van der Waals surface area contributed by atoms with Gasteiger partial charge in [-0.05, 0) is 69.5 Å². The van der Waals surface area contributed by atoms with E-state index >= 15 is 0 Å². The van der Waals surface area contributed by atoms with Crippen molar-refractivity contribution >= 4 is 0 Å². The molecule has 0 amide bonds. The lowest BCUT2D eigenvalue weighted by atomic mass is 9.84. The normalized spacial score (nSPS) is 18.1. The van der Waals surface area contributed by atoms with Crippen LogP contribution >= 0.6 is 0 Å². The molecule has 1 aromatic rings. The molecule has 1 saturated heterocycles. The minimum atomic E-state index is -2.70. The second kappa shape index (κ2) is 4.96. The molecule has 1 N–H and O–H groups in total. The number of piperidine rings is 1. The van der Waals surface area contributed by atoms with Gasteiger partial charge >= 0.3 is 0 Å². The number of rotatable bonds is 2. The third-order valence-electron chi connectivity index (χ3n) is 4.05. The summed E-state index contributed by atoms with van der Waals surface area (Å²) in [6.07, 6.45) is 1.11. The zero-order valence-electron chi connectivity index (χ0n) is 11.3. The van der Waals surface area contributed by atoms with Crippen molar-refractivity contribution in [1.82, 2.24) is 5.32 Å². The fraction of sp³-hybridized carbons (Fsp3) is 0.600. The molecule has 1 aliphatic rings. The van der Waals surface area contributed by atoms with E-state index in [9.17, 15) is 8.78 Å². The summed E-state index contributed by atoms with van der Waals surface area (Å²) in [5.41, 5.74) is 2.96. The highest BCUT2D eigenvalue weighted by Gasteiger charge is 2.42. The van der Waals surface area contributed by atoms with Crippen molar-refractivity contribution in [3.05, 3.63) is 34.4 Å². The van der Waals surface area contributed by atoms with Gasteiger partial charge in [0.15, 0.2) is 0 Å². The minimum Gasteiger partial charge on any atom is -0.317 e. The first-order chi connectivity index (χ1) is 8.43. The van der Waals surface area contributed by atoms with Crippen LogP contribution in [0.2, 0.25) is 0 Å². The van der Waals surface area contributed by atoms with Gasteiger partial charge < -0.3 is 5.32 Å². The molecule has 1 aromatic carbocycles. The van der Waals surface area contributed by atoms with Crippen molar-refractivity contribution in [1.29, 1.82) is 0 Å². The second-order valence-electron chi connectivity index (χ2n) is 5.40. The van der Waals surface area contributed by atoms with Gasteiger partial charge in [-0.1, -0.05) is 6.07 Å². The van der Waals surface area contributed by atoms with E-state index in [4.69, 9.17) is 0 Å². The Morgan fingerprint density at radius 1 is 1.00 bits per heavy atom. The first-order valence-corrected chi connectivity index (χ1v) is 6.59. The molecule has 0 aliphatic carbocycles. The summed E-state index contributed by atoms with van der Waals surface area (Å²) in [4.78, 5) is 0. The molecule has 1 heterocycles. The SMILES string of the molecule is Cc1cc(C)c(C(F)(F)C2CCNCC2)cc1C. The molecule has 100 valence electrons. The Hall–Kier alpha value is -0.960. The van der Waals surface area contributed by atoms with Crippen molar-refractivity contribution in [2.75, 3.05) is 13.1 Å². The van der Waals surface area contributed by atoms with Crippen molar-refractivity contribution < 1.29 is 8.78 Å². The smallest absolute Gasteiger partial charge is 0.276 e. The van der Waals surface area contributed by atoms with Gasteiger partial charge in [0, 0.05) is 11.5 Å². The molecule has 0 saturated carbocycles. The van der Waals surface area contributed by atoms with Crippen molar-refractivity contribution in [3.8, 4) is 0 Å². The zero-order chi connectivity index (χ0) is 13.3. The molecule has 1 fully saturated rings. The van der Waals surface area contributed by atoms with Gasteiger partial charge in [0.2, 0.25) is 0 Å². The Kier molecular flexibility index (Phi) is 3.71. The highest BCUT2D eigenvalue weighted by molar-refractivity contribution is 5.39. The van der Waals surface area contributed by atoms with E-state index in [-0.39, 0.29) is 5.56 Å². The average Bonchev–Trinajstić information content (AvgIpc) is 2.34. The van der Waals surface area contributed by atoms with Crippen LogP contribution in [0.3, 0.4) is 0 Å². The van der Waals surface area contributed by atoms with Crippen LogP contribution in [0, 0.1) is 26.7 Å². The molecule has 0 radical (unpaired) electrons. The van der Waals surface area contributed by atoms with E-state index in [0.29, 0.717) is 31.5 Å². The van der Waals surface area contributed by atoms with Crippen molar-refractivity contribution in [2.24, 2.45) is 5.92 Å². The molecule has 1 nitrogen and oxygen atoms in total. The molecule has 0 spiro atoms. The molecule has 18 heavy (non-hydrogen) atoms. The van der Waals surface area contributed by atoms with Crippen molar-refractivity contribution in [3.63, 3.8) is 0 Å². The highest BCUT2D eigenvalue weighted by atomic mass is 19.3. The molecule has 0 bridgehead atoms. The van der Waals surface area contributed by atoms with Gasteiger partial charge in [-0.15, -0.1) is 0 Å². The molecule has 0 unspecified atom stereocenters. The maximum absolute atomic E-state index is 14.6. The Balaban J connectivity index is 2.36. The van der Waals surface area contributed by atoms with Gasteiger partial charge in [0.25, 0.3) is 5.92 Å². The Morgan fingerprint density at radius 3 is 2.17 bits per heavy atom. The summed E-state index contributed by atoms with van der Waals surface area (Å²) in [5, 5.41) is 3.14. The molecule has 1 aliphatic heterocycles. The number of hydrogen-bond acceptors (Lipinski definition) is 1. The Bertz CT molecular complexity index is 434. The van der Waals surface area contributed by atoms with Gasteiger partial charge in [-0.2, -0.15) is 0 Å². The van der Waals surface area contributed by atoms with Crippen molar-refractivity contribution in [2.45, 2.75) is 39.5 Å². The third kappa shape index (κ3) is 2.41. The predicted molar refractivity (Wildman–Crippen MR) is 70.1 cm³/mol. The number of nitrogens with one attached hydrogen (secondary N) is 1. The summed E-state index contributed by atoms with van der Waals surface area (Å²) in [5.74, 6) is -3.23. The summed E-state index contributed by atoms with van der Waals surface area (Å²) in [6.45, 7) is 7.05.